The van der Waals surface area contributed by atoms with Crippen LogP contribution in [0.5, 0.6) is 11.5 Å². The first-order valence-corrected chi connectivity index (χ1v) is 15.1. The molecule has 0 saturated heterocycles. The Morgan fingerprint density at radius 2 is 2.00 bits per heavy atom. The van der Waals surface area contributed by atoms with Gasteiger partial charge in [0.2, 0.25) is 0 Å². The highest BCUT2D eigenvalue weighted by Gasteiger charge is 2.33. The van der Waals surface area contributed by atoms with E-state index in [4.69, 9.17) is 25.8 Å². The number of fused-ring (bicyclic) bond motifs is 1. The molecule has 4 aromatic rings. The highest BCUT2D eigenvalue weighted by Crippen LogP contribution is 2.38. The monoisotopic (exact) mass is 658 g/mol. The van der Waals surface area contributed by atoms with Gasteiger partial charge in [-0.2, -0.15) is 0 Å². The lowest BCUT2D eigenvalue weighted by Crippen LogP contribution is -2.39. The number of esters is 1. The Hall–Kier alpha value is -3.18. The van der Waals surface area contributed by atoms with Crippen LogP contribution in [0, 0.1) is 0 Å². The third-order valence-corrected chi connectivity index (χ3v) is 8.92. The number of thiazole rings is 1. The second kappa shape index (κ2) is 12.1. The minimum absolute atomic E-state index is 0.229. The number of carbonyl (C=O) groups is 1. The van der Waals surface area contributed by atoms with Crippen LogP contribution in [0.3, 0.4) is 0 Å². The van der Waals surface area contributed by atoms with E-state index < -0.39 is 12.0 Å². The van der Waals surface area contributed by atoms with Crippen molar-refractivity contribution in [1.29, 1.82) is 0 Å². The highest BCUT2D eigenvalue weighted by atomic mass is 79.9. The molecule has 0 fully saturated rings. The van der Waals surface area contributed by atoms with Gasteiger partial charge in [0.25, 0.3) is 5.56 Å². The van der Waals surface area contributed by atoms with E-state index in [0.717, 1.165) is 16.0 Å². The van der Waals surface area contributed by atoms with Gasteiger partial charge in [0.15, 0.2) is 16.3 Å². The average molecular weight is 660 g/mol. The summed E-state index contributed by atoms with van der Waals surface area (Å²) >= 11 is 12.3. The van der Waals surface area contributed by atoms with Crippen molar-refractivity contribution in [2.24, 2.45) is 4.99 Å². The fourth-order valence-corrected chi connectivity index (χ4v) is 6.93. The Kier molecular flexibility index (Phi) is 8.60. The summed E-state index contributed by atoms with van der Waals surface area (Å²) in [4.78, 5) is 32.7. The zero-order valence-electron chi connectivity index (χ0n) is 21.8. The van der Waals surface area contributed by atoms with Crippen LogP contribution < -0.4 is 24.4 Å². The number of rotatable bonds is 8. The maximum absolute atomic E-state index is 13.8. The molecule has 0 bridgehead atoms. The van der Waals surface area contributed by atoms with Gasteiger partial charge in [0.1, 0.15) is 12.6 Å². The summed E-state index contributed by atoms with van der Waals surface area (Å²) in [5.74, 6) is 0.585. The molecule has 7 nitrogen and oxygen atoms in total. The summed E-state index contributed by atoms with van der Waals surface area (Å²) in [6, 6.07) is 14.3. The molecule has 0 unspecified atom stereocenters. The molecular formula is C29H24BrClN2O5S2. The van der Waals surface area contributed by atoms with Crippen molar-refractivity contribution in [3.8, 4) is 11.5 Å². The van der Waals surface area contributed by atoms with Crippen LogP contribution in [0.15, 0.2) is 79.4 Å². The van der Waals surface area contributed by atoms with Gasteiger partial charge in [-0.1, -0.05) is 41.1 Å². The van der Waals surface area contributed by atoms with Crippen molar-refractivity contribution in [2.45, 2.75) is 26.5 Å². The number of nitrogens with zero attached hydrogens (tertiary/aromatic N) is 2. The molecule has 5 rings (SSSR count). The van der Waals surface area contributed by atoms with Crippen molar-refractivity contribution < 1.29 is 19.0 Å². The SMILES string of the molecule is CCOC(=O)C1=C(C)N=c2s/c(=C\c3cc(Br)c(OCc4ccc(Cl)cc4)c(OC)c3)c(=O)n2[C@@H]1c1cccs1. The smallest absolute Gasteiger partial charge is 0.338 e. The average Bonchev–Trinajstić information content (AvgIpc) is 3.56. The molecule has 11 heteroatoms. The fourth-order valence-electron chi connectivity index (χ4n) is 4.36. The standard InChI is InChI=1S/C29H24BrClN2O5S2/c1-4-37-28(35)24-16(2)32-29-33(25(24)22-6-5-11-39-22)27(34)23(40-29)14-18-12-20(30)26(21(13-18)36-3)38-15-17-7-9-19(31)10-8-17/h5-14,25H,4,15H2,1-3H3/b23-14-/t25-/m1/s1. The zero-order valence-corrected chi connectivity index (χ0v) is 25.7. The van der Waals surface area contributed by atoms with Crippen molar-refractivity contribution in [3.05, 3.63) is 110 Å². The molecule has 0 saturated carbocycles. The van der Waals surface area contributed by atoms with Crippen LogP contribution in [0.25, 0.3) is 6.08 Å². The van der Waals surface area contributed by atoms with Gasteiger partial charge in [-0.3, -0.25) is 9.36 Å². The summed E-state index contributed by atoms with van der Waals surface area (Å²) in [7, 11) is 1.56. The van der Waals surface area contributed by atoms with Crippen LogP contribution in [-0.2, 0) is 16.1 Å². The Morgan fingerprint density at radius 1 is 1.23 bits per heavy atom. The normalized spacial score (nSPS) is 15.0. The summed E-state index contributed by atoms with van der Waals surface area (Å²) in [5, 5.41) is 2.58. The van der Waals surface area contributed by atoms with Crippen molar-refractivity contribution >= 4 is 62.2 Å². The van der Waals surface area contributed by atoms with Crippen molar-refractivity contribution in [2.75, 3.05) is 13.7 Å². The predicted octanol–water partition coefficient (Wildman–Crippen LogP) is 5.86. The lowest BCUT2D eigenvalue weighted by Gasteiger charge is -2.23. The van der Waals surface area contributed by atoms with E-state index in [1.165, 1.54) is 22.7 Å². The number of ether oxygens (including phenoxy) is 3. The number of methoxy groups -OCH3 is 1. The van der Waals surface area contributed by atoms with Crippen molar-refractivity contribution in [3.63, 3.8) is 0 Å². The molecule has 0 spiro atoms. The number of aromatic nitrogens is 1. The van der Waals surface area contributed by atoms with Gasteiger partial charge in [-0.25, -0.2) is 9.79 Å². The third-order valence-electron chi connectivity index (χ3n) is 6.18. The number of hydrogen-bond acceptors (Lipinski definition) is 8. The van der Waals surface area contributed by atoms with Gasteiger partial charge in [0.05, 0.1) is 34.0 Å². The highest BCUT2D eigenvalue weighted by molar-refractivity contribution is 9.10. The fraction of sp³-hybridized carbons (Fsp3) is 0.207. The summed E-state index contributed by atoms with van der Waals surface area (Å²) in [6.07, 6.45) is 1.79. The van der Waals surface area contributed by atoms with E-state index in [1.54, 1.807) is 31.6 Å². The van der Waals surface area contributed by atoms with Crippen molar-refractivity contribution in [1.82, 2.24) is 4.57 Å². The minimum Gasteiger partial charge on any atom is -0.493 e. The first-order valence-electron chi connectivity index (χ1n) is 12.3. The van der Waals surface area contributed by atoms with Crippen LogP contribution in [0.4, 0.5) is 0 Å². The molecule has 0 aliphatic carbocycles. The molecule has 3 heterocycles. The van der Waals surface area contributed by atoms with E-state index >= 15 is 0 Å². The van der Waals surface area contributed by atoms with E-state index in [9.17, 15) is 9.59 Å². The molecule has 0 amide bonds. The summed E-state index contributed by atoms with van der Waals surface area (Å²) < 4.78 is 19.7. The summed E-state index contributed by atoms with van der Waals surface area (Å²) in [5.41, 5.74) is 2.36. The zero-order chi connectivity index (χ0) is 28.4. The molecule has 2 aromatic heterocycles. The second-order valence-electron chi connectivity index (χ2n) is 8.77. The molecule has 1 aliphatic rings. The maximum Gasteiger partial charge on any atom is 0.338 e. The van der Waals surface area contributed by atoms with E-state index in [1.807, 2.05) is 53.9 Å². The molecule has 1 aliphatic heterocycles. The first kappa shape index (κ1) is 28.4. The summed E-state index contributed by atoms with van der Waals surface area (Å²) in [6.45, 7) is 4.08. The van der Waals surface area contributed by atoms with E-state index in [2.05, 4.69) is 20.9 Å². The quantitative estimate of drug-likeness (QED) is 0.222. The van der Waals surface area contributed by atoms with Gasteiger partial charge < -0.3 is 14.2 Å². The Labute approximate surface area is 251 Å². The molecule has 0 radical (unpaired) electrons. The van der Waals surface area contributed by atoms with Crippen LogP contribution in [0.1, 0.15) is 35.9 Å². The number of carbonyl (C=O) groups excluding carboxylic acids is 1. The van der Waals surface area contributed by atoms with E-state index in [0.29, 0.717) is 48.2 Å². The molecule has 40 heavy (non-hydrogen) atoms. The van der Waals surface area contributed by atoms with Gasteiger partial charge >= 0.3 is 5.97 Å². The third kappa shape index (κ3) is 5.67. The van der Waals surface area contributed by atoms with Gasteiger partial charge in [-0.05, 0) is 82.7 Å². The van der Waals surface area contributed by atoms with E-state index in [-0.39, 0.29) is 12.2 Å². The molecule has 206 valence electrons. The molecule has 0 N–H and O–H groups in total. The number of thiophene rings is 1. The minimum atomic E-state index is -0.609. The second-order valence-corrected chi connectivity index (χ2v) is 12.0. The van der Waals surface area contributed by atoms with Crippen LogP contribution in [0.2, 0.25) is 5.02 Å². The van der Waals surface area contributed by atoms with Gasteiger partial charge in [-0.15, -0.1) is 11.3 Å². The number of allylic oxidation sites excluding steroid dienone is 1. The lowest BCUT2D eigenvalue weighted by atomic mass is 10.0. The number of benzene rings is 2. The Morgan fingerprint density at radius 3 is 2.67 bits per heavy atom. The predicted molar refractivity (Wildman–Crippen MR) is 161 cm³/mol. The van der Waals surface area contributed by atoms with Crippen LogP contribution >= 0.6 is 50.2 Å². The molecule has 1 atom stereocenters. The Balaban J connectivity index is 1.54. The molecular weight excluding hydrogens is 636 g/mol. The number of hydrogen-bond donors (Lipinski definition) is 0. The number of halogens is 2. The molecule has 2 aromatic carbocycles. The van der Waals surface area contributed by atoms with Gasteiger partial charge in [0, 0.05) is 9.90 Å². The largest absolute Gasteiger partial charge is 0.493 e. The first-order chi connectivity index (χ1) is 19.3. The Bertz CT molecular complexity index is 1780. The van der Waals surface area contributed by atoms with Crippen LogP contribution in [-0.4, -0.2) is 24.3 Å². The topological polar surface area (TPSA) is 79.1 Å². The maximum atomic E-state index is 13.8. The lowest BCUT2D eigenvalue weighted by molar-refractivity contribution is -0.139.